The number of carboxylic acid groups (broad SMARTS) is 1. The number of carboxylic acids is 1. The highest BCUT2D eigenvalue weighted by atomic mass is 16.4. The maximum atomic E-state index is 13.3. The second-order valence-corrected chi connectivity index (χ2v) is 10.8. The molecule has 238 valence electrons. The molecule has 3 fully saturated rings. The van der Waals surface area contributed by atoms with Crippen LogP contribution in [0.1, 0.15) is 51.4 Å². The van der Waals surface area contributed by atoms with Crippen molar-refractivity contribution in [1.29, 1.82) is 0 Å². The summed E-state index contributed by atoms with van der Waals surface area (Å²) < 4.78 is 0. The minimum Gasteiger partial charge on any atom is -0.480 e. The minimum atomic E-state index is -1.30. The first kappa shape index (κ1) is 33.2. The predicted octanol–water partition coefficient (Wildman–Crippen LogP) is -4.01. The molecule has 8 N–H and O–H groups in total. The Morgan fingerprint density at radius 1 is 0.744 bits per heavy atom. The fourth-order valence-corrected chi connectivity index (χ4v) is 5.76. The first-order valence-corrected chi connectivity index (χ1v) is 14.4. The Kier molecular flexibility index (Phi) is 11.8. The predicted molar refractivity (Wildman–Crippen MR) is 147 cm³/mol. The minimum absolute atomic E-state index is 0.168. The normalized spacial score (nSPS) is 22.2. The van der Waals surface area contributed by atoms with Crippen LogP contribution in [0.15, 0.2) is 0 Å². The monoisotopic (exact) mass is 608 g/mol. The lowest BCUT2D eigenvalue weighted by atomic mass is 10.1. The van der Waals surface area contributed by atoms with Crippen LogP contribution in [0.5, 0.6) is 0 Å². The fraction of sp³-hybridized carbons (Fsp3) is 0.692. The third kappa shape index (κ3) is 8.62. The number of carbonyl (C=O) groups excluding carboxylic acids is 7. The number of nitrogens with one attached hydrogen (secondary N) is 3. The molecule has 3 rings (SSSR count). The second-order valence-electron chi connectivity index (χ2n) is 10.8. The number of hydrogen-bond donors (Lipinski definition) is 6. The third-order valence-electron chi connectivity index (χ3n) is 7.89. The molecule has 4 atom stereocenters. The van der Waals surface area contributed by atoms with Crippen molar-refractivity contribution in [2.24, 2.45) is 11.5 Å². The molecule has 3 aliphatic rings. The molecule has 4 unspecified atom stereocenters. The zero-order valence-electron chi connectivity index (χ0n) is 23.9. The van der Waals surface area contributed by atoms with Crippen molar-refractivity contribution >= 4 is 47.3 Å². The summed E-state index contributed by atoms with van der Waals surface area (Å²) in [6.07, 6.45) is 2.48. The van der Waals surface area contributed by atoms with E-state index in [1.165, 1.54) is 14.7 Å². The standard InChI is InChI=1S/C26H40N8O9/c27-12-20(36)33-10-3-6-18(33)26(43)34-11-2-4-16(34)24(41)29-13-21(37)32-9-1-5-17(32)25(42)31-15(7-8-19(28)35)23(40)30-14-22(38)39/h15-18H,1-14,27H2,(H2,28,35)(H,29,41)(H,30,40)(H,31,42)(H,38,39). The number of primary amides is 1. The van der Waals surface area contributed by atoms with Gasteiger partial charge in [0.1, 0.15) is 30.7 Å². The molecule has 0 bridgehead atoms. The van der Waals surface area contributed by atoms with E-state index in [0.717, 1.165) is 0 Å². The molecule has 3 aliphatic heterocycles. The average molecular weight is 609 g/mol. The zero-order valence-corrected chi connectivity index (χ0v) is 23.9. The summed E-state index contributed by atoms with van der Waals surface area (Å²) in [5.41, 5.74) is 10.6. The summed E-state index contributed by atoms with van der Waals surface area (Å²) in [5, 5.41) is 16.0. The van der Waals surface area contributed by atoms with Gasteiger partial charge >= 0.3 is 5.97 Å². The van der Waals surface area contributed by atoms with E-state index >= 15 is 0 Å². The van der Waals surface area contributed by atoms with Gasteiger partial charge in [-0.1, -0.05) is 0 Å². The van der Waals surface area contributed by atoms with Crippen LogP contribution >= 0.6 is 0 Å². The molecule has 0 aromatic rings. The summed E-state index contributed by atoms with van der Waals surface area (Å²) in [4.78, 5) is 103. The molecule has 0 radical (unpaired) electrons. The maximum Gasteiger partial charge on any atom is 0.322 e. The van der Waals surface area contributed by atoms with Crippen molar-refractivity contribution in [1.82, 2.24) is 30.7 Å². The topological polar surface area (TPSA) is 255 Å². The van der Waals surface area contributed by atoms with Crippen molar-refractivity contribution in [3.8, 4) is 0 Å². The Bertz CT molecular complexity index is 1130. The molecule has 17 heteroatoms. The number of carbonyl (C=O) groups is 8. The van der Waals surface area contributed by atoms with Crippen molar-refractivity contribution < 1.29 is 43.5 Å². The largest absolute Gasteiger partial charge is 0.480 e. The van der Waals surface area contributed by atoms with Crippen LogP contribution < -0.4 is 27.4 Å². The first-order valence-electron chi connectivity index (χ1n) is 14.4. The van der Waals surface area contributed by atoms with E-state index in [-0.39, 0.29) is 44.2 Å². The van der Waals surface area contributed by atoms with Gasteiger partial charge < -0.3 is 47.2 Å². The number of amides is 7. The Hall–Kier alpha value is -4.28. The van der Waals surface area contributed by atoms with Gasteiger partial charge in [-0.25, -0.2) is 0 Å². The fourth-order valence-electron chi connectivity index (χ4n) is 5.76. The van der Waals surface area contributed by atoms with E-state index in [4.69, 9.17) is 16.6 Å². The number of aliphatic carboxylic acids is 1. The van der Waals surface area contributed by atoms with Gasteiger partial charge in [-0.05, 0) is 44.9 Å². The molecule has 3 heterocycles. The molecule has 17 nitrogen and oxygen atoms in total. The van der Waals surface area contributed by atoms with Gasteiger partial charge in [0.25, 0.3) is 0 Å². The zero-order chi connectivity index (χ0) is 31.7. The van der Waals surface area contributed by atoms with E-state index in [2.05, 4.69) is 16.0 Å². The highest BCUT2D eigenvalue weighted by Crippen LogP contribution is 2.25. The summed E-state index contributed by atoms with van der Waals surface area (Å²) in [6.45, 7) is -0.328. The van der Waals surface area contributed by atoms with Gasteiger partial charge in [0.05, 0.1) is 13.1 Å². The van der Waals surface area contributed by atoms with Gasteiger partial charge in [-0.15, -0.1) is 0 Å². The molecule has 0 aliphatic carbocycles. The van der Waals surface area contributed by atoms with E-state index in [0.29, 0.717) is 45.2 Å². The van der Waals surface area contributed by atoms with Crippen LogP contribution in [-0.4, -0.2) is 131 Å². The number of hydrogen-bond acceptors (Lipinski definition) is 9. The van der Waals surface area contributed by atoms with Crippen molar-refractivity contribution in [2.75, 3.05) is 39.3 Å². The lowest BCUT2D eigenvalue weighted by molar-refractivity contribution is -0.146. The van der Waals surface area contributed by atoms with Gasteiger partial charge in [-0.2, -0.15) is 0 Å². The van der Waals surface area contributed by atoms with Crippen molar-refractivity contribution in [2.45, 2.75) is 75.5 Å². The summed E-state index contributed by atoms with van der Waals surface area (Å²) >= 11 is 0. The second kappa shape index (κ2) is 15.3. The highest BCUT2D eigenvalue weighted by Gasteiger charge is 2.42. The molecular formula is C26H40N8O9. The van der Waals surface area contributed by atoms with Crippen LogP contribution in [-0.2, 0) is 38.4 Å². The van der Waals surface area contributed by atoms with Crippen molar-refractivity contribution in [3.63, 3.8) is 0 Å². The summed E-state index contributed by atoms with van der Waals surface area (Å²) in [5.74, 6) is -5.20. The number of nitrogens with zero attached hydrogens (tertiary/aromatic N) is 3. The molecule has 3 saturated heterocycles. The molecule has 0 aromatic carbocycles. The quantitative estimate of drug-likeness (QED) is 0.118. The highest BCUT2D eigenvalue weighted by molar-refractivity contribution is 5.96. The van der Waals surface area contributed by atoms with E-state index < -0.39 is 72.8 Å². The SMILES string of the molecule is NCC(=O)N1CCCC1C(=O)N1CCCC1C(=O)NCC(=O)N1CCCC1C(=O)NC(CCC(N)=O)C(=O)NCC(=O)O. The number of rotatable bonds is 13. The molecule has 0 saturated carbocycles. The first-order chi connectivity index (χ1) is 20.4. The van der Waals surface area contributed by atoms with Crippen LogP contribution in [0.3, 0.4) is 0 Å². The van der Waals surface area contributed by atoms with Crippen LogP contribution in [0.2, 0.25) is 0 Å². The van der Waals surface area contributed by atoms with Gasteiger partial charge in [0.15, 0.2) is 0 Å². The molecule has 0 aromatic heterocycles. The lowest BCUT2D eigenvalue weighted by Crippen LogP contribution is -2.56. The molecule has 0 spiro atoms. The third-order valence-corrected chi connectivity index (χ3v) is 7.89. The summed E-state index contributed by atoms with van der Waals surface area (Å²) in [7, 11) is 0. The smallest absolute Gasteiger partial charge is 0.322 e. The Morgan fingerprint density at radius 3 is 1.88 bits per heavy atom. The maximum absolute atomic E-state index is 13.3. The van der Waals surface area contributed by atoms with Crippen molar-refractivity contribution in [3.05, 3.63) is 0 Å². The molecule has 7 amide bonds. The van der Waals surface area contributed by atoms with Gasteiger partial charge in [0, 0.05) is 26.1 Å². The van der Waals surface area contributed by atoms with E-state index in [1.54, 1.807) is 0 Å². The number of nitrogens with two attached hydrogens (primary N) is 2. The average Bonchev–Trinajstić information content (AvgIpc) is 3.76. The van der Waals surface area contributed by atoms with Crippen LogP contribution in [0.4, 0.5) is 0 Å². The van der Waals surface area contributed by atoms with E-state index in [9.17, 15) is 38.4 Å². The Morgan fingerprint density at radius 2 is 1.30 bits per heavy atom. The molecular weight excluding hydrogens is 568 g/mol. The van der Waals surface area contributed by atoms with Crippen LogP contribution in [0, 0.1) is 0 Å². The lowest BCUT2D eigenvalue weighted by Gasteiger charge is -2.31. The summed E-state index contributed by atoms with van der Waals surface area (Å²) in [6, 6.07) is -3.68. The Labute approximate surface area is 248 Å². The molecule has 43 heavy (non-hydrogen) atoms. The van der Waals surface area contributed by atoms with Crippen LogP contribution in [0.25, 0.3) is 0 Å². The van der Waals surface area contributed by atoms with E-state index in [1.807, 2.05) is 0 Å². The Balaban J connectivity index is 1.57. The van der Waals surface area contributed by atoms with Gasteiger partial charge in [0.2, 0.25) is 41.4 Å². The number of likely N-dealkylation sites (tertiary alicyclic amines) is 3. The van der Waals surface area contributed by atoms with Gasteiger partial charge in [-0.3, -0.25) is 38.4 Å².